The predicted molar refractivity (Wildman–Crippen MR) is 52.2 cm³/mol. The second-order valence-corrected chi connectivity index (χ2v) is 4.39. The van der Waals surface area contributed by atoms with Crippen LogP contribution in [0.25, 0.3) is 0 Å². The van der Waals surface area contributed by atoms with Crippen molar-refractivity contribution in [2.75, 3.05) is 0 Å². The first-order valence-electron chi connectivity index (χ1n) is 4.32. The molecule has 1 N–H and O–H groups in total. The van der Waals surface area contributed by atoms with E-state index < -0.39 is 17.9 Å². The lowest BCUT2D eigenvalue weighted by Gasteiger charge is -2.11. The van der Waals surface area contributed by atoms with Crippen LogP contribution in [0.15, 0.2) is 28.7 Å². The first-order chi connectivity index (χ1) is 6.52. The van der Waals surface area contributed by atoms with E-state index in [1.807, 2.05) is 0 Å². The van der Waals surface area contributed by atoms with Crippen LogP contribution in [0.2, 0.25) is 0 Å². The molecule has 1 aromatic rings. The molecule has 1 nitrogen and oxygen atoms in total. The maximum Gasteiger partial charge on any atom is 0.254 e. The van der Waals surface area contributed by atoms with Crippen LogP contribution in [0.3, 0.4) is 0 Å². The molecule has 0 spiro atoms. The second-order valence-electron chi connectivity index (χ2n) is 3.54. The summed E-state index contributed by atoms with van der Waals surface area (Å²) < 4.78 is 26.1. The Kier molecular flexibility index (Phi) is 2.35. The molecule has 0 bridgehead atoms. The van der Waals surface area contributed by atoms with Gasteiger partial charge in [-0.2, -0.15) is 0 Å². The number of aliphatic hydroxyl groups is 1. The van der Waals surface area contributed by atoms with Crippen LogP contribution in [0, 0.1) is 5.92 Å². The first-order valence-corrected chi connectivity index (χ1v) is 5.12. The van der Waals surface area contributed by atoms with E-state index in [0.717, 1.165) is 0 Å². The van der Waals surface area contributed by atoms with Gasteiger partial charge in [-0.15, -0.1) is 0 Å². The summed E-state index contributed by atoms with van der Waals surface area (Å²) in [6.07, 6.45) is -1.28. The van der Waals surface area contributed by atoms with Crippen LogP contribution in [0.5, 0.6) is 0 Å². The second kappa shape index (κ2) is 3.28. The molecule has 1 fully saturated rings. The van der Waals surface area contributed by atoms with Gasteiger partial charge < -0.3 is 5.11 Å². The largest absolute Gasteiger partial charge is 0.388 e. The molecule has 2 rings (SSSR count). The minimum absolute atomic E-state index is 0.213. The fourth-order valence-corrected chi connectivity index (χ4v) is 2.03. The third-order valence-corrected chi connectivity index (χ3v) is 3.20. The third kappa shape index (κ3) is 1.68. The van der Waals surface area contributed by atoms with E-state index in [4.69, 9.17) is 0 Å². The van der Waals surface area contributed by atoms with Gasteiger partial charge in [0.05, 0.1) is 12.0 Å². The highest BCUT2D eigenvalue weighted by atomic mass is 79.9. The SMILES string of the molecule is O[C@@H](c1ccccc1Br)[C@H]1CC1(F)F. The summed E-state index contributed by atoms with van der Waals surface area (Å²) in [6.45, 7) is 0. The van der Waals surface area contributed by atoms with Gasteiger partial charge in [0.1, 0.15) is 0 Å². The molecule has 2 atom stereocenters. The van der Waals surface area contributed by atoms with Crippen molar-refractivity contribution in [3.8, 4) is 0 Å². The van der Waals surface area contributed by atoms with E-state index in [1.165, 1.54) is 0 Å². The Bertz CT molecular complexity index is 354. The molecule has 0 unspecified atom stereocenters. The minimum Gasteiger partial charge on any atom is -0.388 e. The van der Waals surface area contributed by atoms with E-state index in [1.54, 1.807) is 24.3 Å². The predicted octanol–water partition coefficient (Wildman–Crippen LogP) is 3.14. The van der Waals surface area contributed by atoms with Crippen molar-refractivity contribution in [2.45, 2.75) is 18.4 Å². The molecule has 1 aliphatic rings. The summed E-state index contributed by atoms with van der Waals surface area (Å²) in [5, 5.41) is 9.67. The van der Waals surface area contributed by atoms with Gasteiger partial charge >= 0.3 is 0 Å². The summed E-state index contributed by atoms with van der Waals surface area (Å²) in [5.74, 6) is -3.60. The fraction of sp³-hybridized carbons (Fsp3) is 0.400. The first kappa shape index (κ1) is 10.1. The van der Waals surface area contributed by atoms with E-state index in [9.17, 15) is 13.9 Å². The molecule has 0 heterocycles. The van der Waals surface area contributed by atoms with Crippen molar-refractivity contribution in [1.29, 1.82) is 0 Å². The average Bonchev–Trinajstić information content (AvgIpc) is 2.75. The molecule has 14 heavy (non-hydrogen) atoms. The summed E-state index contributed by atoms with van der Waals surface area (Å²) in [6, 6.07) is 6.90. The highest BCUT2D eigenvalue weighted by Crippen LogP contribution is 2.55. The standard InChI is InChI=1S/C10H9BrF2O/c11-8-4-2-1-3-6(8)9(14)7-5-10(7,12)13/h1-4,7,9,14H,5H2/t7-,9+/m1/s1. The number of alkyl halides is 2. The molecule has 0 amide bonds. The number of rotatable bonds is 2. The maximum atomic E-state index is 12.7. The van der Waals surface area contributed by atoms with Crippen LogP contribution in [0.4, 0.5) is 8.78 Å². The molecule has 0 saturated heterocycles. The lowest BCUT2D eigenvalue weighted by atomic mass is 10.1. The maximum absolute atomic E-state index is 12.7. The molecule has 0 aromatic heterocycles. The van der Waals surface area contributed by atoms with Crippen molar-refractivity contribution in [3.05, 3.63) is 34.3 Å². The summed E-state index contributed by atoms with van der Waals surface area (Å²) in [7, 11) is 0. The highest BCUT2D eigenvalue weighted by Gasteiger charge is 2.60. The Labute approximate surface area is 88.9 Å². The zero-order chi connectivity index (χ0) is 10.3. The number of benzene rings is 1. The third-order valence-electron chi connectivity index (χ3n) is 2.48. The lowest BCUT2D eigenvalue weighted by Crippen LogP contribution is -2.06. The van der Waals surface area contributed by atoms with Gasteiger partial charge in [-0.3, -0.25) is 0 Å². The van der Waals surface area contributed by atoms with E-state index in [-0.39, 0.29) is 6.42 Å². The van der Waals surface area contributed by atoms with E-state index in [0.29, 0.717) is 10.0 Å². The Morgan fingerprint density at radius 2 is 2.00 bits per heavy atom. The Balaban J connectivity index is 2.21. The summed E-state index contributed by atoms with van der Waals surface area (Å²) in [5.41, 5.74) is 0.537. The van der Waals surface area contributed by atoms with Gasteiger partial charge in [-0.25, -0.2) is 8.78 Å². The van der Waals surface area contributed by atoms with Crippen molar-refractivity contribution in [2.24, 2.45) is 5.92 Å². The minimum atomic E-state index is -2.69. The van der Waals surface area contributed by atoms with Crippen molar-refractivity contribution in [3.63, 3.8) is 0 Å². The molecule has 1 saturated carbocycles. The average molecular weight is 263 g/mol. The van der Waals surface area contributed by atoms with Gasteiger partial charge in [0.25, 0.3) is 5.92 Å². The van der Waals surface area contributed by atoms with Gasteiger partial charge in [0.2, 0.25) is 0 Å². The highest BCUT2D eigenvalue weighted by molar-refractivity contribution is 9.10. The van der Waals surface area contributed by atoms with Crippen molar-refractivity contribution >= 4 is 15.9 Å². The monoisotopic (exact) mass is 262 g/mol. The van der Waals surface area contributed by atoms with Gasteiger partial charge in [0, 0.05) is 10.9 Å². The fourth-order valence-electron chi connectivity index (χ4n) is 1.51. The van der Waals surface area contributed by atoms with Gasteiger partial charge in [-0.05, 0) is 11.6 Å². The van der Waals surface area contributed by atoms with Crippen molar-refractivity contribution < 1.29 is 13.9 Å². The van der Waals surface area contributed by atoms with Gasteiger partial charge in [-0.1, -0.05) is 34.1 Å². The normalized spacial score (nSPS) is 25.9. The van der Waals surface area contributed by atoms with Crippen LogP contribution in [0.1, 0.15) is 18.1 Å². The molecule has 0 aliphatic heterocycles. The molecule has 76 valence electrons. The lowest BCUT2D eigenvalue weighted by molar-refractivity contribution is 0.0475. The number of hydrogen-bond acceptors (Lipinski definition) is 1. The van der Waals surface area contributed by atoms with Crippen LogP contribution >= 0.6 is 15.9 Å². The summed E-state index contributed by atoms with van der Waals surface area (Å²) >= 11 is 3.23. The van der Waals surface area contributed by atoms with E-state index >= 15 is 0 Å². The number of hydrogen-bond donors (Lipinski definition) is 1. The quantitative estimate of drug-likeness (QED) is 0.869. The summed E-state index contributed by atoms with van der Waals surface area (Å²) in [4.78, 5) is 0. The van der Waals surface area contributed by atoms with Crippen molar-refractivity contribution in [1.82, 2.24) is 0 Å². The Morgan fingerprint density at radius 1 is 1.43 bits per heavy atom. The molecule has 1 aliphatic carbocycles. The molecular formula is C10H9BrF2O. The zero-order valence-electron chi connectivity index (χ0n) is 7.25. The Hall–Kier alpha value is -0.480. The van der Waals surface area contributed by atoms with Crippen LogP contribution in [-0.2, 0) is 0 Å². The number of halogens is 3. The zero-order valence-corrected chi connectivity index (χ0v) is 8.84. The topological polar surface area (TPSA) is 20.2 Å². The smallest absolute Gasteiger partial charge is 0.254 e. The molecule has 4 heteroatoms. The molecular weight excluding hydrogens is 254 g/mol. The Morgan fingerprint density at radius 3 is 2.50 bits per heavy atom. The van der Waals surface area contributed by atoms with Gasteiger partial charge in [0.15, 0.2) is 0 Å². The number of aliphatic hydroxyl groups excluding tert-OH is 1. The van der Waals surface area contributed by atoms with Crippen LogP contribution < -0.4 is 0 Å². The van der Waals surface area contributed by atoms with E-state index in [2.05, 4.69) is 15.9 Å². The molecule has 1 aromatic carbocycles. The molecule has 0 radical (unpaired) electrons. The van der Waals surface area contributed by atoms with Crippen LogP contribution in [-0.4, -0.2) is 11.0 Å².